The number of aromatic amines is 1. The fraction of sp³-hybridized carbons (Fsp3) is 0.0500. The van der Waals surface area contributed by atoms with Gasteiger partial charge < -0.3 is 4.52 Å². The van der Waals surface area contributed by atoms with Crippen LogP contribution in [0.3, 0.4) is 0 Å². The molecule has 0 aliphatic heterocycles. The molecule has 0 spiro atoms. The van der Waals surface area contributed by atoms with Crippen molar-refractivity contribution in [3.63, 3.8) is 0 Å². The van der Waals surface area contributed by atoms with Crippen LogP contribution in [-0.4, -0.2) is 20.3 Å². The topological polar surface area (TPSA) is 67.6 Å². The third-order valence-electron chi connectivity index (χ3n) is 3.83. The van der Waals surface area contributed by atoms with Crippen LogP contribution in [0.5, 0.6) is 0 Å². The highest BCUT2D eigenvalue weighted by Gasteiger charge is 2.09. The lowest BCUT2D eigenvalue weighted by Gasteiger charge is -1.94. The van der Waals surface area contributed by atoms with Crippen molar-refractivity contribution in [2.24, 2.45) is 0 Å². The summed E-state index contributed by atoms with van der Waals surface area (Å²) in [5.41, 5.74) is 2.57. The average molecular weight is 413 g/mol. The molecule has 0 unspecified atom stereocenters. The number of halogens is 2. The van der Waals surface area contributed by atoms with Gasteiger partial charge in [-0.05, 0) is 35.9 Å². The summed E-state index contributed by atoms with van der Waals surface area (Å²) in [5.74, 6) is 1.64. The van der Waals surface area contributed by atoms with E-state index in [0.29, 0.717) is 21.8 Å². The lowest BCUT2D eigenvalue weighted by atomic mass is 10.1. The monoisotopic (exact) mass is 412 g/mol. The Hall–Kier alpha value is -2.90. The van der Waals surface area contributed by atoms with Gasteiger partial charge in [-0.15, -0.1) is 5.10 Å². The molecule has 5 nitrogen and oxygen atoms in total. The Bertz CT molecular complexity index is 1090. The van der Waals surface area contributed by atoms with Gasteiger partial charge in [0.15, 0.2) is 0 Å². The van der Waals surface area contributed by atoms with Gasteiger partial charge in [-0.25, -0.2) is 9.37 Å². The van der Waals surface area contributed by atoms with Crippen molar-refractivity contribution >= 4 is 35.5 Å². The second kappa shape index (κ2) is 8.41. The van der Waals surface area contributed by atoms with Gasteiger partial charge in [-0.1, -0.05) is 58.9 Å². The van der Waals surface area contributed by atoms with Gasteiger partial charge in [0, 0.05) is 16.7 Å². The van der Waals surface area contributed by atoms with Crippen LogP contribution in [0.2, 0.25) is 5.02 Å². The molecule has 2 aromatic heterocycles. The average Bonchev–Trinajstić information content (AvgIpc) is 3.36. The van der Waals surface area contributed by atoms with Crippen LogP contribution in [0.1, 0.15) is 17.1 Å². The second-order valence-electron chi connectivity index (χ2n) is 5.86. The molecule has 0 saturated heterocycles. The van der Waals surface area contributed by atoms with Crippen molar-refractivity contribution in [1.29, 1.82) is 0 Å². The molecular formula is C20H14ClFN4OS. The molecule has 0 amide bonds. The predicted octanol–water partition coefficient (Wildman–Crippen LogP) is 5.71. The summed E-state index contributed by atoms with van der Waals surface area (Å²) in [6, 6.07) is 15.5. The maximum atomic E-state index is 12.9. The number of nitrogens with zero attached hydrogens (tertiary/aromatic N) is 3. The smallest absolute Gasteiger partial charge is 0.209 e. The zero-order chi connectivity index (χ0) is 19.3. The number of thioether (sulfide) groups is 1. The molecule has 0 fully saturated rings. The van der Waals surface area contributed by atoms with Gasteiger partial charge in [-0.2, -0.15) is 0 Å². The molecule has 0 aliphatic carbocycles. The first kappa shape index (κ1) is 18.5. The number of aromatic nitrogens is 4. The van der Waals surface area contributed by atoms with E-state index in [0.717, 1.165) is 22.6 Å². The number of hydrogen-bond donors (Lipinski definition) is 1. The molecule has 0 aliphatic rings. The first-order valence-corrected chi connectivity index (χ1v) is 9.72. The lowest BCUT2D eigenvalue weighted by molar-refractivity contribution is 0.397. The van der Waals surface area contributed by atoms with Crippen molar-refractivity contribution < 1.29 is 8.91 Å². The molecular weight excluding hydrogens is 399 g/mol. The molecule has 2 aromatic carbocycles. The summed E-state index contributed by atoms with van der Waals surface area (Å²) in [4.78, 5) is 4.39. The number of rotatable bonds is 6. The van der Waals surface area contributed by atoms with E-state index in [4.69, 9.17) is 16.1 Å². The van der Waals surface area contributed by atoms with Gasteiger partial charge in [0.05, 0.1) is 5.75 Å². The summed E-state index contributed by atoms with van der Waals surface area (Å²) in [6.45, 7) is 0. The van der Waals surface area contributed by atoms with Gasteiger partial charge in [0.25, 0.3) is 0 Å². The highest BCUT2D eigenvalue weighted by molar-refractivity contribution is 7.98. The quantitative estimate of drug-likeness (QED) is 0.410. The number of nitrogens with one attached hydrogen (secondary N) is 1. The van der Waals surface area contributed by atoms with Gasteiger partial charge >= 0.3 is 0 Å². The largest absolute Gasteiger partial charge is 0.360 e. The highest BCUT2D eigenvalue weighted by atomic mass is 35.5. The third-order valence-corrected chi connectivity index (χ3v) is 4.95. The Labute approximate surface area is 169 Å². The molecule has 0 radical (unpaired) electrons. The Balaban J connectivity index is 1.36. The van der Waals surface area contributed by atoms with Crippen molar-refractivity contribution in [1.82, 2.24) is 20.3 Å². The fourth-order valence-electron chi connectivity index (χ4n) is 2.42. The summed E-state index contributed by atoms with van der Waals surface area (Å²) in [5, 5.41) is 12.4. The van der Waals surface area contributed by atoms with E-state index >= 15 is 0 Å². The number of H-pyrrole nitrogens is 1. The molecule has 140 valence electrons. The maximum Gasteiger partial charge on any atom is 0.209 e. The molecule has 2 heterocycles. The van der Waals surface area contributed by atoms with E-state index in [1.807, 2.05) is 36.4 Å². The molecule has 0 bridgehead atoms. The Morgan fingerprint density at radius 1 is 1.07 bits per heavy atom. The first-order chi connectivity index (χ1) is 13.7. The van der Waals surface area contributed by atoms with Crippen LogP contribution < -0.4 is 0 Å². The van der Waals surface area contributed by atoms with Crippen LogP contribution in [0.4, 0.5) is 4.39 Å². The molecule has 8 heteroatoms. The molecule has 4 aromatic rings. The van der Waals surface area contributed by atoms with Crippen LogP contribution >= 0.6 is 23.4 Å². The summed E-state index contributed by atoms with van der Waals surface area (Å²) in [7, 11) is 0. The summed E-state index contributed by atoms with van der Waals surface area (Å²) < 4.78 is 18.3. The molecule has 0 saturated carbocycles. The van der Waals surface area contributed by atoms with Gasteiger partial charge in [0.1, 0.15) is 23.1 Å². The SMILES string of the molecule is Fc1ccc(/C=C/c2nc(SCc3cc(-c4ccc(Cl)cc4)no3)n[nH]2)cc1. The fourth-order valence-corrected chi connectivity index (χ4v) is 3.23. The summed E-state index contributed by atoms with van der Waals surface area (Å²) in [6.07, 6.45) is 3.63. The second-order valence-corrected chi connectivity index (χ2v) is 7.24. The van der Waals surface area contributed by atoms with Crippen LogP contribution in [-0.2, 0) is 5.75 Å². The first-order valence-electron chi connectivity index (χ1n) is 8.36. The molecule has 4 rings (SSSR count). The molecule has 28 heavy (non-hydrogen) atoms. The van der Waals surface area contributed by atoms with E-state index in [2.05, 4.69) is 20.3 Å². The van der Waals surface area contributed by atoms with E-state index < -0.39 is 0 Å². The van der Waals surface area contributed by atoms with Crippen molar-refractivity contribution in [3.8, 4) is 11.3 Å². The van der Waals surface area contributed by atoms with E-state index in [1.165, 1.54) is 23.9 Å². The van der Waals surface area contributed by atoms with Crippen LogP contribution in [0.15, 0.2) is 64.3 Å². The van der Waals surface area contributed by atoms with Gasteiger partial charge in [0.2, 0.25) is 5.16 Å². The highest BCUT2D eigenvalue weighted by Crippen LogP contribution is 2.25. The third kappa shape index (κ3) is 4.68. The minimum atomic E-state index is -0.262. The number of benzene rings is 2. The van der Waals surface area contributed by atoms with Crippen LogP contribution in [0.25, 0.3) is 23.4 Å². The van der Waals surface area contributed by atoms with Crippen molar-refractivity contribution in [2.75, 3.05) is 0 Å². The van der Waals surface area contributed by atoms with E-state index in [-0.39, 0.29) is 5.82 Å². The normalized spacial score (nSPS) is 11.4. The van der Waals surface area contributed by atoms with E-state index in [1.54, 1.807) is 18.2 Å². The Kier molecular flexibility index (Phi) is 5.55. The Morgan fingerprint density at radius 3 is 2.64 bits per heavy atom. The van der Waals surface area contributed by atoms with Crippen molar-refractivity contribution in [3.05, 3.63) is 82.6 Å². The zero-order valence-corrected chi connectivity index (χ0v) is 16.0. The minimum Gasteiger partial charge on any atom is -0.360 e. The zero-order valence-electron chi connectivity index (χ0n) is 14.5. The number of hydrogen-bond acceptors (Lipinski definition) is 5. The maximum absolute atomic E-state index is 12.9. The Morgan fingerprint density at radius 2 is 1.86 bits per heavy atom. The molecule has 1 N–H and O–H groups in total. The van der Waals surface area contributed by atoms with Gasteiger partial charge in [-0.3, -0.25) is 5.10 Å². The van der Waals surface area contributed by atoms with Crippen molar-refractivity contribution in [2.45, 2.75) is 10.9 Å². The predicted molar refractivity (Wildman–Crippen MR) is 108 cm³/mol. The van der Waals surface area contributed by atoms with Crippen LogP contribution in [0, 0.1) is 5.82 Å². The van der Waals surface area contributed by atoms with E-state index in [9.17, 15) is 4.39 Å². The minimum absolute atomic E-state index is 0.262. The lowest BCUT2D eigenvalue weighted by Crippen LogP contribution is -1.79. The summed E-state index contributed by atoms with van der Waals surface area (Å²) >= 11 is 7.34. The standard InChI is InChI=1S/C20H14ClFN4OS/c21-15-6-4-14(5-7-15)18-11-17(27-26-18)12-28-20-23-19(24-25-20)10-3-13-1-8-16(22)9-2-13/h1-11H,12H2,(H,23,24,25)/b10-3+. The molecule has 0 atom stereocenters.